The van der Waals surface area contributed by atoms with Crippen LogP contribution in [0.4, 0.5) is 0 Å². The first-order chi connectivity index (χ1) is 8.15. The maximum absolute atomic E-state index is 9.14. The molecular weight excluding hydrogens is 259 g/mol. The van der Waals surface area contributed by atoms with Crippen molar-refractivity contribution in [1.82, 2.24) is 0 Å². The Morgan fingerprint density at radius 3 is 2.35 bits per heavy atom. The van der Waals surface area contributed by atoms with E-state index in [0.717, 1.165) is 5.56 Å². The van der Waals surface area contributed by atoms with E-state index in [4.69, 9.17) is 33.0 Å². The van der Waals surface area contributed by atoms with Crippen molar-refractivity contribution in [2.45, 2.75) is 6.61 Å². The van der Waals surface area contributed by atoms with Gasteiger partial charge in [0.1, 0.15) is 18.1 Å². The zero-order chi connectivity index (χ0) is 12.3. The molecule has 0 amide bonds. The molecule has 0 unspecified atom stereocenters. The molecule has 2 nitrogen and oxygen atoms in total. The minimum atomic E-state index is 0.235. The van der Waals surface area contributed by atoms with Crippen LogP contribution in [-0.2, 0) is 6.61 Å². The van der Waals surface area contributed by atoms with Crippen LogP contribution in [0.1, 0.15) is 5.56 Å². The number of hydrogen-bond donors (Lipinski definition) is 1. The fourth-order valence-electron chi connectivity index (χ4n) is 1.35. The van der Waals surface area contributed by atoms with Gasteiger partial charge in [-0.15, -0.1) is 0 Å². The average Bonchev–Trinajstić information content (AvgIpc) is 2.30. The van der Waals surface area contributed by atoms with Crippen LogP contribution in [0.3, 0.4) is 0 Å². The van der Waals surface area contributed by atoms with Gasteiger partial charge in [0, 0.05) is 5.02 Å². The summed E-state index contributed by atoms with van der Waals surface area (Å²) in [4.78, 5) is 0. The maximum atomic E-state index is 9.14. The minimum Gasteiger partial charge on any atom is -0.508 e. The second kappa shape index (κ2) is 5.30. The van der Waals surface area contributed by atoms with Gasteiger partial charge in [0.05, 0.1) is 5.02 Å². The Labute approximate surface area is 109 Å². The fourth-order valence-corrected chi connectivity index (χ4v) is 1.81. The third-order valence-electron chi connectivity index (χ3n) is 2.22. The molecule has 2 aromatic rings. The molecule has 0 spiro atoms. The quantitative estimate of drug-likeness (QED) is 0.901. The summed E-state index contributed by atoms with van der Waals surface area (Å²) in [6, 6.07) is 11.9. The number of ether oxygens (including phenoxy) is 1. The normalized spacial score (nSPS) is 10.2. The molecule has 4 heteroatoms. The molecule has 0 saturated heterocycles. The van der Waals surface area contributed by atoms with Crippen molar-refractivity contribution in [3.05, 3.63) is 58.1 Å². The van der Waals surface area contributed by atoms with Gasteiger partial charge in [0.2, 0.25) is 0 Å². The van der Waals surface area contributed by atoms with E-state index in [1.165, 1.54) is 0 Å². The number of aromatic hydroxyl groups is 1. The standard InChI is InChI=1S/C13H10Cl2O2/c14-10-3-6-13(12(15)7-10)17-8-9-1-4-11(16)5-2-9/h1-7,16H,8H2. The monoisotopic (exact) mass is 268 g/mol. The van der Waals surface area contributed by atoms with E-state index in [1.54, 1.807) is 42.5 Å². The van der Waals surface area contributed by atoms with Crippen LogP contribution in [0.2, 0.25) is 10.0 Å². The molecule has 0 aliphatic heterocycles. The molecule has 0 aliphatic carbocycles. The van der Waals surface area contributed by atoms with Crippen LogP contribution < -0.4 is 4.74 Å². The van der Waals surface area contributed by atoms with Crippen molar-refractivity contribution < 1.29 is 9.84 Å². The van der Waals surface area contributed by atoms with Crippen molar-refractivity contribution >= 4 is 23.2 Å². The molecule has 0 radical (unpaired) electrons. The van der Waals surface area contributed by atoms with Crippen LogP contribution in [-0.4, -0.2) is 5.11 Å². The average molecular weight is 269 g/mol. The van der Waals surface area contributed by atoms with E-state index in [-0.39, 0.29) is 5.75 Å². The Kier molecular flexibility index (Phi) is 3.77. The number of benzene rings is 2. The Bertz CT molecular complexity index is 509. The lowest BCUT2D eigenvalue weighted by atomic mass is 10.2. The molecule has 0 atom stereocenters. The summed E-state index contributed by atoms with van der Waals surface area (Å²) >= 11 is 11.8. The molecule has 0 saturated carbocycles. The van der Waals surface area contributed by atoms with Gasteiger partial charge in [-0.25, -0.2) is 0 Å². The third-order valence-corrected chi connectivity index (χ3v) is 2.76. The van der Waals surface area contributed by atoms with E-state index in [2.05, 4.69) is 0 Å². The van der Waals surface area contributed by atoms with Gasteiger partial charge >= 0.3 is 0 Å². The highest BCUT2D eigenvalue weighted by Crippen LogP contribution is 2.28. The second-order valence-electron chi connectivity index (χ2n) is 3.53. The lowest BCUT2D eigenvalue weighted by Gasteiger charge is -2.08. The summed E-state index contributed by atoms with van der Waals surface area (Å²) in [7, 11) is 0. The van der Waals surface area contributed by atoms with Crippen molar-refractivity contribution in [2.75, 3.05) is 0 Å². The molecule has 17 heavy (non-hydrogen) atoms. The lowest BCUT2D eigenvalue weighted by molar-refractivity contribution is 0.306. The molecule has 0 aromatic heterocycles. The predicted octanol–water partition coefficient (Wildman–Crippen LogP) is 4.28. The Hall–Kier alpha value is -1.38. The maximum Gasteiger partial charge on any atom is 0.138 e. The second-order valence-corrected chi connectivity index (χ2v) is 4.37. The first-order valence-corrected chi connectivity index (χ1v) is 5.76. The van der Waals surface area contributed by atoms with Crippen LogP contribution >= 0.6 is 23.2 Å². The number of halogens is 2. The Morgan fingerprint density at radius 1 is 1.00 bits per heavy atom. The molecular formula is C13H10Cl2O2. The summed E-state index contributed by atoms with van der Waals surface area (Å²) in [6.07, 6.45) is 0. The topological polar surface area (TPSA) is 29.5 Å². The van der Waals surface area contributed by atoms with Crippen molar-refractivity contribution in [1.29, 1.82) is 0 Å². The zero-order valence-electron chi connectivity index (χ0n) is 8.86. The Morgan fingerprint density at radius 2 is 1.71 bits per heavy atom. The molecule has 0 heterocycles. The van der Waals surface area contributed by atoms with Gasteiger partial charge in [-0.2, -0.15) is 0 Å². The van der Waals surface area contributed by atoms with Gasteiger partial charge in [0.25, 0.3) is 0 Å². The predicted molar refractivity (Wildman–Crippen MR) is 68.9 cm³/mol. The number of phenolic OH excluding ortho intramolecular Hbond substituents is 1. The molecule has 0 bridgehead atoms. The molecule has 2 aromatic carbocycles. The molecule has 0 aliphatic rings. The lowest BCUT2D eigenvalue weighted by Crippen LogP contribution is -1.95. The van der Waals surface area contributed by atoms with Crippen LogP contribution in [0.5, 0.6) is 11.5 Å². The first-order valence-electron chi connectivity index (χ1n) is 5.01. The van der Waals surface area contributed by atoms with Gasteiger partial charge < -0.3 is 9.84 Å². The van der Waals surface area contributed by atoms with Crippen molar-refractivity contribution in [3.63, 3.8) is 0 Å². The summed E-state index contributed by atoms with van der Waals surface area (Å²) in [6.45, 7) is 0.391. The molecule has 2 rings (SSSR count). The fraction of sp³-hybridized carbons (Fsp3) is 0.0769. The van der Waals surface area contributed by atoms with Crippen LogP contribution in [0, 0.1) is 0 Å². The van der Waals surface area contributed by atoms with E-state index in [1.807, 2.05) is 0 Å². The van der Waals surface area contributed by atoms with Crippen LogP contribution in [0.25, 0.3) is 0 Å². The van der Waals surface area contributed by atoms with E-state index in [9.17, 15) is 0 Å². The van der Waals surface area contributed by atoms with Crippen molar-refractivity contribution in [3.8, 4) is 11.5 Å². The minimum absolute atomic E-state index is 0.235. The highest BCUT2D eigenvalue weighted by molar-refractivity contribution is 6.35. The summed E-state index contributed by atoms with van der Waals surface area (Å²) in [5.41, 5.74) is 0.953. The smallest absolute Gasteiger partial charge is 0.138 e. The SMILES string of the molecule is Oc1ccc(COc2ccc(Cl)cc2Cl)cc1. The van der Waals surface area contributed by atoms with E-state index in [0.29, 0.717) is 22.4 Å². The zero-order valence-corrected chi connectivity index (χ0v) is 10.4. The largest absolute Gasteiger partial charge is 0.508 e. The van der Waals surface area contributed by atoms with Gasteiger partial charge in [-0.05, 0) is 35.9 Å². The number of phenols is 1. The highest BCUT2D eigenvalue weighted by atomic mass is 35.5. The number of hydrogen-bond acceptors (Lipinski definition) is 2. The van der Waals surface area contributed by atoms with E-state index >= 15 is 0 Å². The summed E-state index contributed by atoms with van der Waals surface area (Å²) in [5, 5.41) is 10.2. The van der Waals surface area contributed by atoms with Gasteiger partial charge in [0.15, 0.2) is 0 Å². The summed E-state index contributed by atoms with van der Waals surface area (Å²) in [5.74, 6) is 0.822. The number of rotatable bonds is 3. The Balaban J connectivity index is 2.04. The third kappa shape index (κ3) is 3.29. The molecule has 0 fully saturated rings. The molecule has 88 valence electrons. The van der Waals surface area contributed by atoms with E-state index < -0.39 is 0 Å². The van der Waals surface area contributed by atoms with Crippen molar-refractivity contribution in [2.24, 2.45) is 0 Å². The molecule has 1 N–H and O–H groups in total. The first kappa shape index (κ1) is 12.1. The van der Waals surface area contributed by atoms with Crippen LogP contribution in [0.15, 0.2) is 42.5 Å². The van der Waals surface area contributed by atoms with Gasteiger partial charge in [-0.3, -0.25) is 0 Å². The summed E-state index contributed by atoms with van der Waals surface area (Å²) < 4.78 is 5.55. The highest BCUT2D eigenvalue weighted by Gasteiger charge is 2.02. The van der Waals surface area contributed by atoms with Gasteiger partial charge in [-0.1, -0.05) is 35.3 Å².